The molecule has 6 nitrogen and oxygen atoms in total. The number of amides is 2. The number of para-hydroxylation sites is 1. The third kappa shape index (κ3) is 6.15. The predicted molar refractivity (Wildman–Crippen MR) is 109 cm³/mol. The van der Waals surface area contributed by atoms with E-state index in [0.717, 1.165) is 5.56 Å². The molecule has 28 heavy (non-hydrogen) atoms. The summed E-state index contributed by atoms with van der Waals surface area (Å²) >= 11 is 12.1. The standard InChI is InChI=1S/C20H19Cl2N3O3/c1-2-25(12-18(26)24-20-16(21)4-3-5-17(20)22)19(27)13-28-15-8-6-14(7-9-15)10-11-23/h3-9H,2,10,12-13H2,1H3,(H,24,26). The van der Waals surface area contributed by atoms with Crippen LogP contribution in [-0.2, 0) is 16.0 Å². The number of nitrogens with one attached hydrogen (secondary N) is 1. The summed E-state index contributed by atoms with van der Waals surface area (Å²) in [5, 5.41) is 11.9. The van der Waals surface area contributed by atoms with E-state index < -0.39 is 5.91 Å². The lowest BCUT2D eigenvalue weighted by atomic mass is 10.2. The van der Waals surface area contributed by atoms with Gasteiger partial charge in [-0.05, 0) is 36.8 Å². The maximum atomic E-state index is 12.4. The first-order valence-corrected chi connectivity index (χ1v) is 9.30. The predicted octanol–water partition coefficient (Wildman–Crippen LogP) is 3.93. The smallest absolute Gasteiger partial charge is 0.260 e. The lowest BCUT2D eigenvalue weighted by Crippen LogP contribution is -2.40. The van der Waals surface area contributed by atoms with Gasteiger partial charge in [-0.3, -0.25) is 9.59 Å². The zero-order chi connectivity index (χ0) is 20.5. The van der Waals surface area contributed by atoms with Crippen molar-refractivity contribution in [1.82, 2.24) is 4.90 Å². The van der Waals surface area contributed by atoms with Crippen LogP contribution in [0.3, 0.4) is 0 Å². The minimum Gasteiger partial charge on any atom is -0.484 e. The Labute approximate surface area is 173 Å². The van der Waals surface area contributed by atoms with Gasteiger partial charge in [0.15, 0.2) is 6.61 Å². The summed E-state index contributed by atoms with van der Waals surface area (Å²) in [7, 11) is 0. The molecule has 0 bridgehead atoms. The summed E-state index contributed by atoms with van der Waals surface area (Å²) in [6, 6.07) is 13.9. The van der Waals surface area contributed by atoms with Crippen LogP contribution in [0.4, 0.5) is 5.69 Å². The lowest BCUT2D eigenvalue weighted by molar-refractivity contribution is -0.136. The minimum absolute atomic E-state index is 0.151. The first-order valence-electron chi connectivity index (χ1n) is 8.55. The van der Waals surface area contributed by atoms with E-state index in [1.807, 2.05) is 0 Å². The zero-order valence-corrected chi connectivity index (χ0v) is 16.8. The van der Waals surface area contributed by atoms with Crippen molar-refractivity contribution < 1.29 is 14.3 Å². The quantitative estimate of drug-likeness (QED) is 0.702. The summed E-state index contributed by atoms with van der Waals surface area (Å²) in [5.74, 6) is -0.228. The van der Waals surface area contributed by atoms with Crippen LogP contribution in [0.2, 0.25) is 10.0 Å². The number of anilines is 1. The largest absolute Gasteiger partial charge is 0.484 e. The number of nitriles is 1. The number of likely N-dealkylation sites (N-methyl/N-ethyl adjacent to an activating group) is 1. The van der Waals surface area contributed by atoms with Crippen molar-refractivity contribution in [3.05, 3.63) is 58.1 Å². The van der Waals surface area contributed by atoms with Crippen molar-refractivity contribution in [3.63, 3.8) is 0 Å². The normalized spacial score (nSPS) is 10.1. The number of carbonyl (C=O) groups is 2. The van der Waals surface area contributed by atoms with Crippen molar-refractivity contribution in [2.75, 3.05) is 25.0 Å². The van der Waals surface area contributed by atoms with Crippen LogP contribution in [0.25, 0.3) is 0 Å². The van der Waals surface area contributed by atoms with Gasteiger partial charge in [0.1, 0.15) is 5.75 Å². The molecule has 0 atom stereocenters. The molecule has 1 N–H and O–H groups in total. The van der Waals surface area contributed by atoms with Crippen molar-refractivity contribution in [3.8, 4) is 11.8 Å². The Balaban J connectivity index is 1.90. The average Bonchev–Trinajstić information content (AvgIpc) is 2.68. The fourth-order valence-electron chi connectivity index (χ4n) is 2.38. The summed E-state index contributed by atoms with van der Waals surface area (Å²) in [4.78, 5) is 26.0. The van der Waals surface area contributed by atoms with E-state index in [-0.39, 0.29) is 19.1 Å². The Kier molecular flexibility index (Phi) is 8.12. The van der Waals surface area contributed by atoms with Crippen LogP contribution >= 0.6 is 23.2 Å². The van der Waals surface area contributed by atoms with Gasteiger partial charge >= 0.3 is 0 Å². The van der Waals surface area contributed by atoms with Gasteiger partial charge in [0.2, 0.25) is 5.91 Å². The summed E-state index contributed by atoms with van der Waals surface area (Å²) in [6.45, 7) is 1.75. The highest BCUT2D eigenvalue weighted by atomic mass is 35.5. The van der Waals surface area contributed by atoms with Crippen LogP contribution in [0, 0.1) is 11.3 Å². The summed E-state index contributed by atoms with van der Waals surface area (Å²) in [6.07, 6.45) is 0.313. The molecule has 2 aromatic rings. The molecule has 0 aliphatic carbocycles. The van der Waals surface area contributed by atoms with Crippen molar-refractivity contribution in [1.29, 1.82) is 5.26 Å². The Morgan fingerprint density at radius 1 is 1.14 bits per heavy atom. The van der Waals surface area contributed by atoms with E-state index in [0.29, 0.717) is 34.4 Å². The molecule has 0 spiro atoms. The van der Waals surface area contributed by atoms with E-state index >= 15 is 0 Å². The fourth-order valence-corrected chi connectivity index (χ4v) is 2.87. The number of nitrogens with zero attached hydrogens (tertiary/aromatic N) is 2. The molecular formula is C20H19Cl2N3O3. The molecule has 146 valence electrons. The molecule has 0 aliphatic heterocycles. The molecular weight excluding hydrogens is 401 g/mol. The summed E-state index contributed by atoms with van der Waals surface area (Å²) in [5.41, 5.74) is 1.18. The number of ether oxygens (including phenoxy) is 1. The second kappa shape index (κ2) is 10.5. The van der Waals surface area contributed by atoms with E-state index in [9.17, 15) is 9.59 Å². The van der Waals surface area contributed by atoms with Gasteiger partial charge in [-0.1, -0.05) is 41.4 Å². The van der Waals surface area contributed by atoms with Gasteiger partial charge in [-0.2, -0.15) is 5.26 Å². The molecule has 0 saturated heterocycles. The molecule has 0 aliphatic rings. The maximum absolute atomic E-state index is 12.4. The Morgan fingerprint density at radius 3 is 2.36 bits per heavy atom. The molecule has 0 saturated carbocycles. The van der Waals surface area contributed by atoms with Crippen molar-refractivity contribution in [2.45, 2.75) is 13.3 Å². The maximum Gasteiger partial charge on any atom is 0.260 e. The third-order valence-corrected chi connectivity index (χ3v) is 4.49. The molecule has 2 amide bonds. The number of rotatable bonds is 8. The highest BCUT2D eigenvalue weighted by Crippen LogP contribution is 2.29. The highest BCUT2D eigenvalue weighted by molar-refractivity contribution is 6.39. The van der Waals surface area contributed by atoms with Gasteiger partial charge in [0.05, 0.1) is 34.8 Å². The molecule has 8 heteroatoms. The Morgan fingerprint density at radius 2 is 1.79 bits per heavy atom. The highest BCUT2D eigenvalue weighted by Gasteiger charge is 2.18. The monoisotopic (exact) mass is 419 g/mol. The minimum atomic E-state index is -0.411. The molecule has 0 unspecified atom stereocenters. The van der Waals surface area contributed by atoms with Crippen LogP contribution in [0.1, 0.15) is 12.5 Å². The molecule has 0 fully saturated rings. The molecule has 0 aromatic heterocycles. The Hall–Kier alpha value is -2.75. The van der Waals surface area contributed by atoms with Crippen LogP contribution in [0.15, 0.2) is 42.5 Å². The number of halogens is 2. The van der Waals surface area contributed by atoms with Gasteiger partial charge < -0.3 is 15.0 Å². The number of benzene rings is 2. The van der Waals surface area contributed by atoms with Crippen molar-refractivity contribution >= 4 is 40.7 Å². The average molecular weight is 420 g/mol. The molecule has 0 radical (unpaired) electrons. The van der Waals surface area contributed by atoms with Gasteiger partial charge in [-0.15, -0.1) is 0 Å². The van der Waals surface area contributed by atoms with Gasteiger partial charge in [0, 0.05) is 6.54 Å². The number of carbonyl (C=O) groups excluding carboxylic acids is 2. The van der Waals surface area contributed by atoms with Crippen LogP contribution < -0.4 is 10.1 Å². The SMILES string of the molecule is CCN(CC(=O)Nc1c(Cl)cccc1Cl)C(=O)COc1ccc(CC#N)cc1. The van der Waals surface area contributed by atoms with E-state index in [1.165, 1.54) is 4.90 Å². The molecule has 0 heterocycles. The topological polar surface area (TPSA) is 82.4 Å². The summed E-state index contributed by atoms with van der Waals surface area (Å²) < 4.78 is 5.47. The second-order valence-corrected chi connectivity index (χ2v) is 6.63. The fraction of sp³-hybridized carbons (Fsp3) is 0.250. The molecule has 2 aromatic carbocycles. The second-order valence-electron chi connectivity index (χ2n) is 5.82. The lowest BCUT2D eigenvalue weighted by Gasteiger charge is -2.21. The van der Waals surface area contributed by atoms with Gasteiger partial charge in [0.25, 0.3) is 5.91 Å². The number of hydrogen-bond donors (Lipinski definition) is 1. The first-order chi connectivity index (χ1) is 13.4. The van der Waals surface area contributed by atoms with Gasteiger partial charge in [-0.25, -0.2) is 0 Å². The van der Waals surface area contributed by atoms with E-state index in [2.05, 4.69) is 11.4 Å². The van der Waals surface area contributed by atoms with Crippen LogP contribution in [0.5, 0.6) is 5.75 Å². The van der Waals surface area contributed by atoms with Crippen LogP contribution in [-0.4, -0.2) is 36.4 Å². The number of hydrogen-bond acceptors (Lipinski definition) is 4. The van der Waals surface area contributed by atoms with E-state index in [4.69, 9.17) is 33.2 Å². The first kappa shape index (κ1) is 21.5. The Bertz CT molecular complexity index is 859. The van der Waals surface area contributed by atoms with Crippen molar-refractivity contribution in [2.24, 2.45) is 0 Å². The van der Waals surface area contributed by atoms with E-state index in [1.54, 1.807) is 49.4 Å². The molecule has 2 rings (SSSR count). The third-order valence-electron chi connectivity index (χ3n) is 3.86. The zero-order valence-electron chi connectivity index (χ0n) is 15.2.